The normalized spacial score (nSPS) is 10.7. The quantitative estimate of drug-likeness (QED) is 0.342. The van der Waals surface area contributed by atoms with Crippen LogP contribution < -0.4 is 16.0 Å². The van der Waals surface area contributed by atoms with Gasteiger partial charge in [-0.15, -0.1) is 24.0 Å². The Kier molecular flexibility index (Phi) is 9.68. The number of nitrogens with one attached hydrogen (secondary N) is 3. The molecule has 0 saturated carbocycles. The molecule has 2 aromatic rings. The summed E-state index contributed by atoms with van der Waals surface area (Å²) >= 11 is 0. The Hall–Kier alpha value is -2.03. The van der Waals surface area contributed by atoms with Gasteiger partial charge in [-0.25, -0.2) is 0 Å². The van der Waals surface area contributed by atoms with Crippen LogP contribution in [-0.4, -0.2) is 36.6 Å². The third-order valence-electron chi connectivity index (χ3n) is 3.53. The zero-order valence-corrected chi connectivity index (χ0v) is 17.0. The summed E-state index contributed by atoms with van der Waals surface area (Å²) in [6.45, 7) is 4.02. The van der Waals surface area contributed by atoms with E-state index >= 15 is 0 Å². The highest BCUT2D eigenvalue weighted by atomic mass is 127. The minimum Gasteiger partial charge on any atom is -0.356 e. The molecule has 0 aliphatic carbocycles. The molecule has 136 valence electrons. The summed E-state index contributed by atoms with van der Waals surface area (Å²) in [5.74, 6) is 0.747. The fraction of sp³-hybridized carbons (Fsp3) is 0.333. The molecular formula is C18H26IN5O. The maximum atomic E-state index is 11.0. The number of hydrogen-bond donors (Lipinski definition) is 3. The molecule has 0 atom stereocenters. The van der Waals surface area contributed by atoms with Gasteiger partial charge in [0, 0.05) is 51.7 Å². The Labute approximate surface area is 166 Å². The summed E-state index contributed by atoms with van der Waals surface area (Å²) in [5, 5.41) is 9.36. The highest BCUT2D eigenvalue weighted by Crippen LogP contribution is 2.09. The number of halogens is 1. The minimum atomic E-state index is -0.0563. The van der Waals surface area contributed by atoms with Crippen molar-refractivity contribution in [1.29, 1.82) is 0 Å². The Morgan fingerprint density at radius 3 is 2.32 bits per heavy atom. The average Bonchev–Trinajstić information content (AvgIpc) is 3.08. The van der Waals surface area contributed by atoms with Crippen LogP contribution in [0.25, 0.3) is 0 Å². The van der Waals surface area contributed by atoms with Gasteiger partial charge >= 0.3 is 0 Å². The van der Waals surface area contributed by atoms with Crippen molar-refractivity contribution in [1.82, 2.24) is 15.2 Å². The maximum Gasteiger partial charge on any atom is 0.221 e. The van der Waals surface area contributed by atoms with E-state index in [1.54, 1.807) is 7.05 Å². The molecule has 1 heterocycles. The van der Waals surface area contributed by atoms with Gasteiger partial charge in [0.15, 0.2) is 5.96 Å². The molecule has 0 fully saturated rings. The van der Waals surface area contributed by atoms with Crippen molar-refractivity contribution in [2.75, 3.05) is 25.5 Å². The third-order valence-corrected chi connectivity index (χ3v) is 3.53. The van der Waals surface area contributed by atoms with Crippen LogP contribution >= 0.6 is 24.0 Å². The summed E-state index contributed by atoms with van der Waals surface area (Å²) in [6, 6.07) is 11.9. The first-order chi connectivity index (χ1) is 11.7. The van der Waals surface area contributed by atoms with Crippen LogP contribution in [0.3, 0.4) is 0 Å². The van der Waals surface area contributed by atoms with Crippen LogP contribution in [-0.2, 0) is 17.8 Å². The van der Waals surface area contributed by atoms with Crippen molar-refractivity contribution in [2.24, 2.45) is 4.99 Å². The number of nitrogens with zero attached hydrogens (tertiary/aromatic N) is 2. The van der Waals surface area contributed by atoms with Gasteiger partial charge in [0.2, 0.25) is 5.91 Å². The van der Waals surface area contributed by atoms with Crippen LogP contribution in [0, 0.1) is 0 Å². The van der Waals surface area contributed by atoms with Crippen molar-refractivity contribution in [3.63, 3.8) is 0 Å². The van der Waals surface area contributed by atoms with Gasteiger partial charge < -0.3 is 20.5 Å². The lowest BCUT2D eigenvalue weighted by atomic mass is 10.1. The summed E-state index contributed by atoms with van der Waals surface area (Å²) in [5.41, 5.74) is 2.03. The molecular weight excluding hydrogens is 429 g/mol. The number of carbonyl (C=O) groups excluding carboxylic acids is 1. The third kappa shape index (κ3) is 8.06. The zero-order chi connectivity index (χ0) is 17.2. The second kappa shape index (κ2) is 11.5. The summed E-state index contributed by atoms with van der Waals surface area (Å²) in [4.78, 5) is 15.2. The summed E-state index contributed by atoms with van der Waals surface area (Å²) in [7, 11) is 1.77. The monoisotopic (exact) mass is 455 g/mol. The van der Waals surface area contributed by atoms with E-state index in [2.05, 4.69) is 25.5 Å². The van der Waals surface area contributed by atoms with Crippen molar-refractivity contribution in [3.8, 4) is 0 Å². The molecule has 1 aromatic carbocycles. The second-order valence-corrected chi connectivity index (χ2v) is 5.47. The molecule has 0 saturated heterocycles. The SMILES string of the molecule is CN=C(NCCc1ccc(NC(C)=O)cc1)NCCn1cccc1.I. The van der Waals surface area contributed by atoms with Crippen LogP contribution in [0.2, 0.25) is 0 Å². The Bertz CT molecular complexity index is 653. The van der Waals surface area contributed by atoms with E-state index in [4.69, 9.17) is 0 Å². The van der Waals surface area contributed by atoms with E-state index < -0.39 is 0 Å². The topological polar surface area (TPSA) is 70.4 Å². The number of guanidine groups is 1. The minimum absolute atomic E-state index is 0. The number of aliphatic imine (C=N–C) groups is 1. The smallest absolute Gasteiger partial charge is 0.221 e. The predicted octanol–water partition coefficient (Wildman–Crippen LogP) is 2.47. The fourth-order valence-corrected chi connectivity index (χ4v) is 2.33. The van der Waals surface area contributed by atoms with Crippen molar-refractivity contribution in [2.45, 2.75) is 19.9 Å². The molecule has 3 N–H and O–H groups in total. The molecule has 1 amide bonds. The van der Waals surface area contributed by atoms with Crippen molar-refractivity contribution >= 4 is 41.5 Å². The standard InChI is InChI=1S/C18H25N5O.HI/c1-15(24)22-17-7-5-16(6-8-17)9-10-20-18(19-2)21-11-14-23-12-3-4-13-23;/h3-8,12-13H,9-11,14H2,1-2H3,(H,22,24)(H2,19,20,21);1H. The van der Waals surface area contributed by atoms with Gasteiger partial charge in [-0.2, -0.15) is 0 Å². The van der Waals surface area contributed by atoms with Crippen molar-refractivity contribution in [3.05, 3.63) is 54.4 Å². The number of anilines is 1. The number of rotatable bonds is 7. The van der Waals surface area contributed by atoms with Gasteiger partial charge in [0.05, 0.1) is 0 Å². The van der Waals surface area contributed by atoms with E-state index in [0.717, 1.165) is 37.7 Å². The molecule has 0 spiro atoms. The van der Waals surface area contributed by atoms with Gasteiger partial charge in [-0.05, 0) is 36.2 Å². The number of hydrogen-bond acceptors (Lipinski definition) is 2. The molecule has 0 aliphatic heterocycles. The van der Waals surface area contributed by atoms with Crippen molar-refractivity contribution < 1.29 is 4.79 Å². The molecule has 2 rings (SSSR count). The number of aromatic nitrogens is 1. The number of benzene rings is 1. The average molecular weight is 455 g/mol. The predicted molar refractivity (Wildman–Crippen MR) is 114 cm³/mol. The number of amides is 1. The van der Waals surface area contributed by atoms with E-state index in [9.17, 15) is 4.79 Å². The van der Waals surface area contributed by atoms with E-state index in [1.165, 1.54) is 12.5 Å². The zero-order valence-electron chi connectivity index (χ0n) is 14.7. The van der Waals surface area contributed by atoms with Crippen LogP contribution in [0.15, 0.2) is 53.8 Å². The van der Waals surface area contributed by atoms with Gasteiger partial charge in [0.1, 0.15) is 0 Å². The van der Waals surface area contributed by atoms with E-state index in [1.807, 2.05) is 48.8 Å². The first-order valence-electron chi connectivity index (χ1n) is 8.09. The van der Waals surface area contributed by atoms with E-state index in [-0.39, 0.29) is 29.9 Å². The first kappa shape index (κ1) is 21.0. The van der Waals surface area contributed by atoms with Crippen LogP contribution in [0.1, 0.15) is 12.5 Å². The van der Waals surface area contributed by atoms with Gasteiger partial charge in [-0.1, -0.05) is 12.1 Å². The van der Waals surface area contributed by atoms with Crippen LogP contribution in [0.5, 0.6) is 0 Å². The maximum absolute atomic E-state index is 11.0. The lowest BCUT2D eigenvalue weighted by molar-refractivity contribution is -0.114. The Balaban J connectivity index is 0.00000312. The molecule has 0 unspecified atom stereocenters. The lowest BCUT2D eigenvalue weighted by Crippen LogP contribution is -2.39. The molecule has 1 aromatic heterocycles. The summed E-state index contributed by atoms with van der Waals surface area (Å²) < 4.78 is 2.12. The Morgan fingerprint density at radius 1 is 1.08 bits per heavy atom. The van der Waals surface area contributed by atoms with E-state index in [0.29, 0.717) is 0 Å². The molecule has 0 aliphatic rings. The molecule has 6 nitrogen and oxygen atoms in total. The Morgan fingerprint density at radius 2 is 1.72 bits per heavy atom. The molecule has 0 radical (unpaired) electrons. The molecule has 0 bridgehead atoms. The lowest BCUT2D eigenvalue weighted by Gasteiger charge is -2.12. The van der Waals surface area contributed by atoms with Gasteiger partial charge in [-0.3, -0.25) is 9.79 Å². The molecule has 25 heavy (non-hydrogen) atoms. The first-order valence-corrected chi connectivity index (χ1v) is 8.09. The van der Waals surface area contributed by atoms with Crippen LogP contribution in [0.4, 0.5) is 5.69 Å². The second-order valence-electron chi connectivity index (χ2n) is 5.47. The summed E-state index contributed by atoms with van der Waals surface area (Å²) in [6.07, 6.45) is 4.98. The fourth-order valence-electron chi connectivity index (χ4n) is 2.33. The highest BCUT2D eigenvalue weighted by molar-refractivity contribution is 14.0. The van der Waals surface area contributed by atoms with Gasteiger partial charge in [0.25, 0.3) is 0 Å². The largest absolute Gasteiger partial charge is 0.356 e. The molecule has 7 heteroatoms. The highest BCUT2D eigenvalue weighted by Gasteiger charge is 1.99. The number of carbonyl (C=O) groups is 1.